The van der Waals surface area contributed by atoms with Crippen molar-refractivity contribution in [2.24, 2.45) is 0 Å². The summed E-state index contributed by atoms with van der Waals surface area (Å²) in [6, 6.07) is 9.77. The molecule has 0 saturated heterocycles. The molecule has 0 unspecified atom stereocenters. The van der Waals surface area contributed by atoms with Crippen LogP contribution in [-0.4, -0.2) is 47.8 Å². The summed E-state index contributed by atoms with van der Waals surface area (Å²) in [6.45, 7) is 5.14. The summed E-state index contributed by atoms with van der Waals surface area (Å²) < 4.78 is 39.3. The molecule has 2 aromatic heterocycles. The first-order chi connectivity index (χ1) is 14.6. The molecule has 0 saturated carbocycles. The van der Waals surface area contributed by atoms with E-state index in [2.05, 4.69) is 19.7 Å². The summed E-state index contributed by atoms with van der Waals surface area (Å²) in [5.41, 5.74) is 0.474. The van der Waals surface area contributed by atoms with Gasteiger partial charge in [0.1, 0.15) is 17.3 Å². The summed E-state index contributed by atoms with van der Waals surface area (Å²) in [5.74, 6) is 0.601. The van der Waals surface area contributed by atoms with Crippen LogP contribution in [0.5, 0.6) is 11.6 Å². The van der Waals surface area contributed by atoms with Crippen LogP contribution in [0, 0.1) is 6.92 Å². The van der Waals surface area contributed by atoms with Gasteiger partial charge in [-0.25, -0.2) is 18.4 Å². The van der Waals surface area contributed by atoms with E-state index in [0.717, 1.165) is 0 Å². The number of rotatable bonds is 8. The number of aryl methyl sites for hydroxylation is 1. The highest BCUT2D eigenvalue weighted by atomic mass is 32.2. The standard InChI is InChI=1S/C21H24N4O5S/c1-14-12-23-19(20(24-14)29-4)25-31(27,28)17-6-5-11-22-18(17)15-7-9-16(10-8-15)30-13-21(2,3)26/h5-12,26H,13H2,1-4H3,(H,23,25). The van der Waals surface area contributed by atoms with Gasteiger partial charge in [0, 0.05) is 11.8 Å². The zero-order valence-corrected chi connectivity index (χ0v) is 18.5. The van der Waals surface area contributed by atoms with E-state index in [9.17, 15) is 13.5 Å². The normalized spacial score (nSPS) is 11.8. The van der Waals surface area contributed by atoms with Gasteiger partial charge >= 0.3 is 0 Å². The molecule has 0 amide bonds. The van der Waals surface area contributed by atoms with E-state index in [0.29, 0.717) is 17.0 Å². The Kier molecular flexibility index (Phi) is 6.42. The van der Waals surface area contributed by atoms with E-state index >= 15 is 0 Å². The fraction of sp³-hybridized carbons (Fsp3) is 0.286. The van der Waals surface area contributed by atoms with E-state index in [4.69, 9.17) is 9.47 Å². The average Bonchev–Trinajstić information content (AvgIpc) is 2.73. The van der Waals surface area contributed by atoms with Crippen LogP contribution >= 0.6 is 0 Å². The second-order valence-corrected chi connectivity index (χ2v) is 9.10. The molecule has 0 bridgehead atoms. The van der Waals surface area contributed by atoms with E-state index in [-0.39, 0.29) is 28.9 Å². The van der Waals surface area contributed by atoms with Gasteiger partial charge in [0.2, 0.25) is 5.82 Å². The quantitative estimate of drug-likeness (QED) is 0.544. The molecule has 10 heteroatoms. The van der Waals surface area contributed by atoms with Crippen LogP contribution in [0.1, 0.15) is 19.5 Å². The molecular formula is C21H24N4O5S. The average molecular weight is 445 g/mol. The van der Waals surface area contributed by atoms with Gasteiger partial charge in [-0.2, -0.15) is 0 Å². The molecule has 2 N–H and O–H groups in total. The van der Waals surface area contributed by atoms with Crippen molar-refractivity contribution in [1.29, 1.82) is 0 Å². The second-order valence-electron chi connectivity index (χ2n) is 7.45. The van der Waals surface area contributed by atoms with Gasteiger partial charge in [-0.3, -0.25) is 9.71 Å². The zero-order valence-electron chi connectivity index (χ0n) is 17.7. The molecule has 0 atom stereocenters. The number of aliphatic hydroxyl groups is 1. The van der Waals surface area contributed by atoms with Gasteiger partial charge in [0.05, 0.1) is 30.3 Å². The summed E-state index contributed by atoms with van der Waals surface area (Å²) in [5, 5.41) is 9.78. The Bertz CT molecular complexity index is 1160. The second kappa shape index (κ2) is 8.86. The van der Waals surface area contributed by atoms with Crippen molar-refractivity contribution in [3.8, 4) is 22.9 Å². The Morgan fingerprint density at radius 2 is 1.84 bits per heavy atom. The molecule has 3 aromatic rings. The number of nitrogens with one attached hydrogen (secondary N) is 1. The molecule has 0 radical (unpaired) electrons. The third kappa shape index (κ3) is 5.68. The first-order valence-electron chi connectivity index (χ1n) is 9.40. The first-order valence-corrected chi connectivity index (χ1v) is 10.9. The number of sulfonamides is 1. The van der Waals surface area contributed by atoms with E-state index < -0.39 is 15.6 Å². The monoisotopic (exact) mass is 444 g/mol. The molecule has 3 rings (SSSR count). The van der Waals surface area contributed by atoms with Crippen molar-refractivity contribution >= 4 is 15.8 Å². The van der Waals surface area contributed by atoms with Crippen molar-refractivity contribution < 1.29 is 23.0 Å². The summed E-state index contributed by atoms with van der Waals surface area (Å²) in [6.07, 6.45) is 2.95. The molecule has 164 valence electrons. The van der Waals surface area contributed by atoms with Gasteiger partial charge in [-0.15, -0.1) is 0 Å². The maximum absolute atomic E-state index is 13.1. The van der Waals surface area contributed by atoms with Crippen LogP contribution in [0.15, 0.2) is 53.7 Å². The third-order valence-corrected chi connectivity index (χ3v) is 5.44. The molecular weight excluding hydrogens is 420 g/mol. The van der Waals surface area contributed by atoms with Crippen LogP contribution in [0.3, 0.4) is 0 Å². The molecule has 2 heterocycles. The number of pyridine rings is 1. The third-order valence-electron chi connectivity index (χ3n) is 4.07. The van der Waals surface area contributed by atoms with Crippen molar-refractivity contribution in [3.63, 3.8) is 0 Å². The van der Waals surface area contributed by atoms with Crippen molar-refractivity contribution in [2.45, 2.75) is 31.3 Å². The van der Waals surface area contributed by atoms with Crippen LogP contribution in [-0.2, 0) is 10.0 Å². The van der Waals surface area contributed by atoms with Crippen LogP contribution < -0.4 is 14.2 Å². The van der Waals surface area contributed by atoms with E-state index in [1.807, 2.05) is 0 Å². The fourth-order valence-corrected chi connectivity index (χ4v) is 3.83. The number of hydrogen-bond donors (Lipinski definition) is 2. The Morgan fingerprint density at radius 3 is 2.48 bits per heavy atom. The number of nitrogens with zero attached hydrogens (tertiary/aromatic N) is 3. The van der Waals surface area contributed by atoms with Gasteiger partial charge < -0.3 is 14.6 Å². The minimum Gasteiger partial charge on any atom is -0.491 e. The van der Waals surface area contributed by atoms with Gasteiger partial charge in [0.15, 0.2) is 0 Å². The highest BCUT2D eigenvalue weighted by Gasteiger charge is 2.23. The first kappa shape index (κ1) is 22.4. The summed E-state index contributed by atoms with van der Waals surface area (Å²) in [7, 11) is -2.65. The largest absolute Gasteiger partial charge is 0.491 e. The highest BCUT2D eigenvalue weighted by molar-refractivity contribution is 7.92. The zero-order chi connectivity index (χ0) is 22.6. The van der Waals surface area contributed by atoms with Crippen molar-refractivity contribution in [2.75, 3.05) is 18.4 Å². The topological polar surface area (TPSA) is 124 Å². The predicted molar refractivity (Wildman–Crippen MR) is 116 cm³/mol. The molecule has 0 spiro atoms. The smallest absolute Gasteiger partial charge is 0.265 e. The lowest BCUT2D eigenvalue weighted by Crippen LogP contribution is -2.27. The molecule has 0 fully saturated rings. The Labute approximate surface area is 181 Å². The minimum atomic E-state index is -4.04. The van der Waals surface area contributed by atoms with E-state index in [1.165, 1.54) is 31.6 Å². The van der Waals surface area contributed by atoms with Crippen molar-refractivity contribution in [1.82, 2.24) is 15.0 Å². The molecule has 0 aliphatic rings. The fourth-order valence-electron chi connectivity index (χ4n) is 2.64. The summed E-state index contributed by atoms with van der Waals surface area (Å²) in [4.78, 5) is 12.5. The lowest BCUT2D eigenvalue weighted by molar-refractivity contribution is 0.0285. The number of benzene rings is 1. The number of hydrogen-bond acceptors (Lipinski definition) is 8. The predicted octanol–water partition coefficient (Wildman–Crippen LogP) is 2.81. The number of anilines is 1. The van der Waals surface area contributed by atoms with Gasteiger partial charge in [-0.05, 0) is 57.2 Å². The lowest BCUT2D eigenvalue weighted by Gasteiger charge is -2.18. The molecule has 9 nitrogen and oxygen atoms in total. The van der Waals surface area contributed by atoms with Crippen molar-refractivity contribution in [3.05, 3.63) is 54.5 Å². The number of methoxy groups -OCH3 is 1. The van der Waals surface area contributed by atoms with Gasteiger partial charge in [0.25, 0.3) is 15.9 Å². The maximum atomic E-state index is 13.1. The minimum absolute atomic E-state index is 0.0155. The van der Waals surface area contributed by atoms with Crippen LogP contribution in [0.4, 0.5) is 5.82 Å². The summed E-state index contributed by atoms with van der Waals surface area (Å²) >= 11 is 0. The van der Waals surface area contributed by atoms with E-state index in [1.54, 1.807) is 45.0 Å². The molecule has 0 aliphatic heterocycles. The highest BCUT2D eigenvalue weighted by Crippen LogP contribution is 2.29. The Balaban J connectivity index is 1.91. The number of aromatic nitrogens is 3. The lowest BCUT2D eigenvalue weighted by atomic mass is 10.1. The molecule has 31 heavy (non-hydrogen) atoms. The molecule has 1 aromatic carbocycles. The van der Waals surface area contributed by atoms with Gasteiger partial charge in [-0.1, -0.05) is 0 Å². The number of ether oxygens (including phenoxy) is 2. The molecule has 0 aliphatic carbocycles. The Hall–Kier alpha value is -3.24. The maximum Gasteiger partial charge on any atom is 0.265 e. The van der Waals surface area contributed by atoms with Crippen LogP contribution in [0.2, 0.25) is 0 Å². The SMILES string of the molecule is COc1nc(C)cnc1NS(=O)(=O)c1cccnc1-c1ccc(OCC(C)(C)O)cc1. The van der Waals surface area contributed by atoms with Crippen LogP contribution in [0.25, 0.3) is 11.3 Å². The Morgan fingerprint density at radius 1 is 1.13 bits per heavy atom.